The van der Waals surface area contributed by atoms with Crippen molar-refractivity contribution in [2.24, 2.45) is 5.73 Å². The maximum atomic E-state index is 12.9. The van der Waals surface area contributed by atoms with Gasteiger partial charge in [0.1, 0.15) is 5.00 Å². The number of primary amides is 1. The molecule has 0 spiro atoms. The van der Waals surface area contributed by atoms with Crippen molar-refractivity contribution in [2.45, 2.75) is 37.0 Å². The van der Waals surface area contributed by atoms with E-state index in [0.29, 0.717) is 16.3 Å². The summed E-state index contributed by atoms with van der Waals surface area (Å²) in [6, 6.07) is 14.5. The van der Waals surface area contributed by atoms with E-state index in [2.05, 4.69) is 5.32 Å². The van der Waals surface area contributed by atoms with Crippen molar-refractivity contribution in [3.8, 4) is 0 Å². The molecule has 9 heteroatoms. The Hall–Kier alpha value is -3.17. The van der Waals surface area contributed by atoms with Crippen molar-refractivity contribution in [1.29, 1.82) is 0 Å². The normalized spacial score (nSPS) is 13.6. The molecule has 1 aliphatic rings. The van der Waals surface area contributed by atoms with Crippen molar-refractivity contribution in [3.05, 3.63) is 76.2 Å². The van der Waals surface area contributed by atoms with Gasteiger partial charge in [-0.3, -0.25) is 13.9 Å². The van der Waals surface area contributed by atoms with Gasteiger partial charge in [0.25, 0.3) is 21.8 Å². The molecular weight excluding hydrogens is 458 g/mol. The van der Waals surface area contributed by atoms with E-state index < -0.39 is 21.8 Å². The molecule has 0 bridgehead atoms. The Morgan fingerprint density at radius 1 is 0.970 bits per heavy atom. The van der Waals surface area contributed by atoms with Crippen LogP contribution in [0.15, 0.2) is 59.5 Å². The van der Waals surface area contributed by atoms with Gasteiger partial charge in [-0.15, -0.1) is 11.3 Å². The Morgan fingerprint density at radius 2 is 1.64 bits per heavy atom. The van der Waals surface area contributed by atoms with Crippen LogP contribution in [0.25, 0.3) is 0 Å². The van der Waals surface area contributed by atoms with Crippen molar-refractivity contribution in [1.82, 2.24) is 0 Å². The Labute approximate surface area is 197 Å². The first-order chi connectivity index (χ1) is 15.8. The summed E-state index contributed by atoms with van der Waals surface area (Å²) in [6.45, 7) is 0. The van der Waals surface area contributed by atoms with E-state index >= 15 is 0 Å². The van der Waals surface area contributed by atoms with Crippen LogP contribution in [0.1, 0.15) is 50.4 Å². The molecule has 1 aliphatic carbocycles. The maximum absolute atomic E-state index is 12.9. The van der Waals surface area contributed by atoms with E-state index in [4.69, 9.17) is 5.73 Å². The molecule has 0 saturated heterocycles. The highest BCUT2D eigenvalue weighted by Crippen LogP contribution is 2.37. The number of fused-ring (bicyclic) bond motifs is 1. The quantitative estimate of drug-likeness (QED) is 0.512. The number of nitrogens with zero attached hydrogens (tertiary/aromatic N) is 1. The van der Waals surface area contributed by atoms with Gasteiger partial charge in [-0.1, -0.05) is 24.6 Å². The van der Waals surface area contributed by atoms with Crippen LogP contribution in [0.5, 0.6) is 0 Å². The number of nitrogens with two attached hydrogens (primary N) is 1. The number of rotatable bonds is 6. The van der Waals surface area contributed by atoms with Gasteiger partial charge in [-0.2, -0.15) is 0 Å². The van der Waals surface area contributed by atoms with E-state index in [1.807, 2.05) is 6.07 Å². The van der Waals surface area contributed by atoms with Crippen LogP contribution in [0.4, 0.5) is 10.7 Å². The van der Waals surface area contributed by atoms with Gasteiger partial charge in [0.2, 0.25) is 0 Å². The van der Waals surface area contributed by atoms with E-state index in [1.54, 1.807) is 24.3 Å². The molecule has 1 aromatic heterocycles. The SMILES string of the molecule is CN(c1ccccc1)S(=O)(=O)c1ccc(C(=O)Nc2sc3c(c2C(N)=O)CCCCC3)cc1. The van der Waals surface area contributed by atoms with Gasteiger partial charge >= 0.3 is 0 Å². The summed E-state index contributed by atoms with van der Waals surface area (Å²) in [5.41, 5.74) is 7.81. The Kier molecular flexibility index (Phi) is 6.53. The molecule has 33 heavy (non-hydrogen) atoms. The lowest BCUT2D eigenvalue weighted by atomic mass is 10.1. The molecule has 0 atom stereocenters. The molecule has 7 nitrogen and oxygen atoms in total. The molecular formula is C24H25N3O4S2. The highest BCUT2D eigenvalue weighted by atomic mass is 32.2. The predicted octanol–water partition coefficient (Wildman–Crippen LogP) is 4.19. The van der Waals surface area contributed by atoms with E-state index in [0.717, 1.165) is 42.5 Å². The average Bonchev–Trinajstić information content (AvgIpc) is 2.99. The Balaban J connectivity index is 1.56. The van der Waals surface area contributed by atoms with Gasteiger partial charge < -0.3 is 11.1 Å². The Bertz CT molecular complexity index is 1280. The van der Waals surface area contributed by atoms with E-state index in [9.17, 15) is 18.0 Å². The smallest absolute Gasteiger partial charge is 0.264 e. The zero-order chi connectivity index (χ0) is 23.6. The molecule has 0 aliphatic heterocycles. The fourth-order valence-electron chi connectivity index (χ4n) is 3.98. The summed E-state index contributed by atoms with van der Waals surface area (Å²) in [4.78, 5) is 26.2. The molecule has 2 amide bonds. The fourth-order valence-corrected chi connectivity index (χ4v) is 6.46. The number of anilines is 2. The third-order valence-corrected chi connectivity index (χ3v) is 8.80. The number of carbonyl (C=O) groups is 2. The summed E-state index contributed by atoms with van der Waals surface area (Å²) in [6.07, 6.45) is 4.80. The number of hydrogen-bond donors (Lipinski definition) is 2. The topological polar surface area (TPSA) is 110 Å². The number of carbonyl (C=O) groups excluding carboxylic acids is 2. The lowest BCUT2D eigenvalue weighted by Crippen LogP contribution is -2.26. The van der Waals surface area contributed by atoms with Crippen LogP contribution in [-0.2, 0) is 22.9 Å². The van der Waals surface area contributed by atoms with Gasteiger partial charge in [-0.25, -0.2) is 8.42 Å². The molecule has 1 heterocycles. The second-order valence-corrected chi connectivity index (χ2v) is 11.0. The lowest BCUT2D eigenvalue weighted by Gasteiger charge is -2.19. The minimum absolute atomic E-state index is 0.0751. The molecule has 0 fully saturated rings. The minimum atomic E-state index is -3.77. The highest BCUT2D eigenvalue weighted by molar-refractivity contribution is 7.92. The summed E-state index contributed by atoms with van der Waals surface area (Å²) >= 11 is 1.40. The van der Waals surface area contributed by atoms with Crippen molar-refractivity contribution < 1.29 is 18.0 Å². The molecule has 2 aromatic carbocycles. The number of thiophene rings is 1. The van der Waals surface area contributed by atoms with Crippen molar-refractivity contribution >= 4 is 43.9 Å². The number of benzene rings is 2. The number of amides is 2. The van der Waals surface area contributed by atoms with E-state index in [-0.39, 0.29) is 10.5 Å². The summed E-state index contributed by atoms with van der Waals surface area (Å²) in [5, 5.41) is 3.27. The first kappa shape index (κ1) is 23.0. The number of aryl methyl sites for hydroxylation is 1. The fraction of sp³-hybridized carbons (Fsp3) is 0.250. The first-order valence-corrected chi connectivity index (χ1v) is 12.9. The summed E-state index contributed by atoms with van der Waals surface area (Å²) in [7, 11) is -2.29. The van der Waals surface area contributed by atoms with Crippen molar-refractivity contribution in [2.75, 3.05) is 16.7 Å². The predicted molar refractivity (Wildman–Crippen MR) is 131 cm³/mol. The minimum Gasteiger partial charge on any atom is -0.365 e. The zero-order valence-corrected chi connectivity index (χ0v) is 19.8. The molecule has 0 saturated carbocycles. The zero-order valence-electron chi connectivity index (χ0n) is 18.2. The molecule has 0 unspecified atom stereocenters. The number of para-hydroxylation sites is 1. The number of sulfonamides is 1. The van der Waals surface area contributed by atoms with Crippen LogP contribution in [0, 0.1) is 0 Å². The van der Waals surface area contributed by atoms with Gasteiger partial charge in [-0.05, 0) is 67.6 Å². The maximum Gasteiger partial charge on any atom is 0.264 e. The van der Waals surface area contributed by atoms with Crippen LogP contribution >= 0.6 is 11.3 Å². The second kappa shape index (κ2) is 9.36. The van der Waals surface area contributed by atoms with E-state index in [1.165, 1.54) is 47.0 Å². The molecule has 3 N–H and O–H groups in total. The first-order valence-electron chi connectivity index (χ1n) is 10.7. The summed E-state index contributed by atoms with van der Waals surface area (Å²) in [5.74, 6) is -0.968. The lowest BCUT2D eigenvalue weighted by molar-refractivity contribution is 0.100. The standard InChI is InChI=1S/C24H25N3O4S2/c1-27(17-8-4-2-5-9-17)33(30,31)18-14-12-16(13-15-18)23(29)26-24-21(22(25)28)19-10-6-3-7-11-20(19)32-24/h2,4-5,8-9,12-15H,3,6-7,10-11H2,1H3,(H2,25,28)(H,26,29). The third kappa shape index (κ3) is 4.65. The molecule has 3 aromatic rings. The van der Waals surface area contributed by atoms with Gasteiger partial charge in [0.15, 0.2) is 0 Å². The van der Waals surface area contributed by atoms with Gasteiger partial charge in [0.05, 0.1) is 16.1 Å². The number of hydrogen-bond acceptors (Lipinski definition) is 5. The third-order valence-electron chi connectivity index (χ3n) is 5.79. The van der Waals surface area contributed by atoms with Gasteiger partial charge in [0, 0.05) is 17.5 Å². The highest BCUT2D eigenvalue weighted by Gasteiger charge is 2.25. The second-order valence-electron chi connectivity index (χ2n) is 7.92. The largest absolute Gasteiger partial charge is 0.365 e. The molecule has 0 radical (unpaired) electrons. The average molecular weight is 484 g/mol. The van der Waals surface area contributed by atoms with Crippen LogP contribution in [-0.4, -0.2) is 27.3 Å². The molecule has 4 rings (SSSR count). The van der Waals surface area contributed by atoms with Crippen LogP contribution in [0.3, 0.4) is 0 Å². The van der Waals surface area contributed by atoms with Crippen LogP contribution < -0.4 is 15.4 Å². The Morgan fingerprint density at radius 3 is 2.30 bits per heavy atom. The van der Waals surface area contributed by atoms with Crippen molar-refractivity contribution in [3.63, 3.8) is 0 Å². The summed E-state index contributed by atoms with van der Waals surface area (Å²) < 4.78 is 27.1. The monoisotopic (exact) mass is 483 g/mol. The molecule has 172 valence electrons. The van der Waals surface area contributed by atoms with Crippen LogP contribution in [0.2, 0.25) is 0 Å². The number of nitrogens with one attached hydrogen (secondary N) is 1.